The molecule has 0 radical (unpaired) electrons. The molecule has 1 saturated carbocycles. The zero-order valence-corrected chi connectivity index (χ0v) is 12.0. The van der Waals surface area contributed by atoms with Crippen LogP contribution in [-0.2, 0) is 6.54 Å². The maximum Gasteiger partial charge on any atom is 0.0537 e. The molecule has 1 aromatic heterocycles. The molecule has 0 bridgehead atoms. The lowest BCUT2D eigenvalue weighted by Gasteiger charge is -2.30. The summed E-state index contributed by atoms with van der Waals surface area (Å²) in [5.41, 5.74) is 1.31. The van der Waals surface area contributed by atoms with E-state index in [0.29, 0.717) is 12.1 Å². The number of aryl methyl sites for hydroxylation is 1. The van der Waals surface area contributed by atoms with Crippen LogP contribution >= 0.6 is 0 Å². The van der Waals surface area contributed by atoms with Gasteiger partial charge in [-0.25, -0.2) is 0 Å². The minimum atomic E-state index is 0.405. The number of rotatable bonds is 5. The third-order valence-corrected chi connectivity index (χ3v) is 4.35. The van der Waals surface area contributed by atoms with E-state index in [1.54, 1.807) is 0 Å². The minimum absolute atomic E-state index is 0.405. The van der Waals surface area contributed by atoms with Gasteiger partial charge >= 0.3 is 0 Å². The molecule has 0 aliphatic heterocycles. The van der Waals surface area contributed by atoms with E-state index in [2.05, 4.69) is 37.4 Å². The van der Waals surface area contributed by atoms with Crippen LogP contribution in [-0.4, -0.2) is 15.8 Å². The highest BCUT2D eigenvalue weighted by atomic mass is 15.3. The van der Waals surface area contributed by atoms with Gasteiger partial charge in [-0.2, -0.15) is 5.10 Å². The van der Waals surface area contributed by atoms with E-state index in [1.165, 1.54) is 37.7 Å². The zero-order valence-electron chi connectivity index (χ0n) is 12.0. The van der Waals surface area contributed by atoms with E-state index >= 15 is 0 Å². The van der Waals surface area contributed by atoms with Crippen LogP contribution in [0.15, 0.2) is 12.4 Å². The summed E-state index contributed by atoms with van der Waals surface area (Å²) in [5.74, 6) is 0.863. The number of hydrogen-bond acceptors (Lipinski definition) is 2. The predicted molar refractivity (Wildman–Crippen MR) is 75.5 cm³/mol. The molecule has 0 aromatic carbocycles. The van der Waals surface area contributed by atoms with Gasteiger partial charge in [-0.15, -0.1) is 0 Å². The summed E-state index contributed by atoms with van der Waals surface area (Å²) in [5, 5.41) is 8.10. The lowest BCUT2D eigenvalue weighted by Crippen LogP contribution is -2.36. The highest BCUT2D eigenvalue weighted by Gasteiger charge is 2.21. The van der Waals surface area contributed by atoms with Crippen LogP contribution in [0.25, 0.3) is 0 Å². The Morgan fingerprint density at radius 3 is 2.67 bits per heavy atom. The molecule has 1 fully saturated rings. The van der Waals surface area contributed by atoms with Gasteiger partial charge in [0.1, 0.15) is 0 Å². The Morgan fingerprint density at radius 1 is 1.33 bits per heavy atom. The van der Waals surface area contributed by atoms with Gasteiger partial charge < -0.3 is 5.32 Å². The van der Waals surface area contributed by atoms with Crippen LogP contribution < -0.4 is 5.32 Å². The van der Waals surface area contributed by atoms with Gasteiger partial charge in [-0.05, 0) is 39.5 Å². The Morgan fingerprint density at radius 2 is 2.06 bits per heavy atom. The van der Waals surface area contributed by atoms with Crippen LogP contribution in [0.2, 0.25) is 0 Å². The molecule has 1 aliphatic rings. The Bertz CT molecular complexity index is 352. The van der Waals surface area contributed by atoms with Crippen molar-refractivity contribution in [2.24, 2.45) is 5.92 Å². The van der Waals surface area contributed by atoms with Crippen LogP contribution in [0.3, 0.4) is 0 Å². The SMILES string of the molecule is CCn1cc(C(C)N[C@@H](C)C2CCCCC2)cn1. The summed E-state index contributed by atoms with van der Waals surface area (Å²) in [6, 6.07) is 1.02. The highest BCUT2D eigenvalue weighted by molar-refractivity contribution is 5.09. The molecule has 1 aromatic rings. The van der Waals surface area contributed by atoms with Gasteiger partial charge in [0.2, 0.25) is 0 Å². The van der Waals surface area contributed by atoms with E-state index < -0.39 is 0 Å². The second kappa shape index (κ2) is 6.37. The third kappa shape index (κ3) is 3.35. The van der Waals surface area contributed by atoms with Crippen molar-refractivity contribution in [2.75, 3.05) is 0 Å². The monoisotopic (exact) mass is 249 g/mol. The number of nitrogens with zero attached hydrogens (tertiary/aromatic N) is 2. The normalized spacial score (nSPS) is 20.8. The molecule has 1 heterocycles. The predicted octanol–water partition coefficient (Wildman–Crippen LogP) is 3.52. The van der Waals surface area contributed by atoms with Gasteiger partial charge in [0, 0.05) is 30.4 Å². The Kier molecular flexibility index (Phi) is 4.81. The fourth-order valence-corrected chi connectivity index (χ4v) is 3.04. The van der Waals surface area contributed by atoms with Gasteiger partial charge in [0.25, 0.3) is 0 Å². The summed E-state index contributed by atoms with van der Waals surface area (Å²) in [4.78, 5) is 0. The Hall–Kier alpha value is -0.830. The molecule has 102 valence electrons. The average Bonchev–Trinajstić information content (AvgIpc) is 2.88. The first-order valence-corrected chi connectivity index (χ1v) is 7.49. The Labute approximate surface area is 111 Å². The molecule has 3 heteroatoms. The van der Waals surface area contributed by atoms with Crippen LogP contribution in [0.1, 0.15) is 64.5 Å². The second-order valence-electron chi connectivity index (χ2n) is 5.70. The highest BCUT2D eigenvalue weighted by Crippen LogP contribution is 2.27. The quantitative estimate of drug-likeness (QED) is 0.865. The average molecular weight is 249 g/mol. The van der Waals surface area contributed by atoms with E-state index in [9.17, 15) is 0 Å². The standard InChI is InChI=1S/C15H27N3/c1-4-18-11-15(10-16-18)13(3)17-12(2)14-8-6-5-7-9-14/h10-14,17H,4-9H2,1-3H3/t12-,13?/m0/s1. The van der Waals surface area contributed by atoms with Crippen LogP contribution in [0.5, 0.6) is 0 Å². The fourth-order valence-electron chi connectivity index (χ4n) is 3.04. The van der Waals surface area contributed by atoms with Crippen LogP contribution in [0, 0.1) is 5.92 Å². The van der Waals surface area contributed by atoms with Gasteiger partial charge in [-0.3, -0.25) is 4.68 Å². The molecule has 1 aliphatic carbocycles. The summed E-state index contributed by atoms with van der Waals surface area (Å²) in [6.45, 7) is 7.66. The van der Waals surface area contributed by atoms with E-state index in [0.717, 1.165) is 12.5 Å². The van der Waals surface area contributed by atoms with E-state index in [1.807, 2.05) is 10.9 Å². The molecular formula is C15H27N3. The van der Waals surface area contributed by atoms with Crippen molar-refractivity contribution < 1.29 is 0 Å². The fraction of sp³-hybridized carbons (Fsp3) is 0.800. The first kappa shape index (κ1) is 13.6. The molecular weight excluding hydrogens is 222 g/mol. The van der Waals surface area contributed by atoms with E-state index in [4.69, 9.17) is 0 Å². The van der Waals surface area contributed by atoms with Crippen LogP contribution in [0.4, 0.5) is 0 Å². The maximum atomic E-state index is 4.35. The van der Waals surface area contributed by atoms with Crippen molar-refractivity contribution >= 4 is 0 Å². The third-order valence-electron chi connectivity index (χ3n) is 4.35. The van der Waals surface area contributed by atoms with E-state index in [-0.39, 0.29) is 0 Å². The second-order valence-corrected chi connectivity index (χ2v) is 5.70. The molecule has 2 rings (SSSR count). The summed E-state index contributed by atoms with van der Waals surface area (Å²) < 4.78 is 2.00. The van der Waals surface area contributed by atoms with Gasteiger partial charge in [0.15, 0.2) is 0 Å². The Balaban J connectivity index is 1.87. The van der Waals surface area contributed by atoms with Gasteiger partial charge in [-0.1, -0.05) is 19.3 Å². The minimum Gasteiger partial charge on any atom is -0.307 e. The molecule has 2 atom stereocenters. The smallest absolute Gasteiger partial charge is 0.0537 e. The summed E-state index contributed by atoms with van der Waals surface area (Å²) in [6.07, 6.45) is 11.2. The van der Waals surface area contributed by atoms with Crippen molar-refractivity contribution in [3.8, 4) is 0 Å². The largest absolute Gasteiger partial charge is 0.307 e. The molecule has 1 unspecified atom stereocenters. The maximum absolute atomic E-state index is 4.35. The summed E-state index contributed by atoms with van der Waals surface area (Å²) in [7, 11) is 0. The lowest BCUT2D eigenvalue weighted by molar-refractivity contribution is 0.268. The first-order valence-electron chi connectivity index (χ1n) is 7.49. The molecule has 1 N–H and O–H groups in total. The number of hydrogen-bond donors (Lipinski definition) is 1. The van der Waals surface area contributed by atoms with Crippen molar-refractivity contribution in [3.05, 3.63) is 18.0 Å². The van der Waals surface area contributed by atoms with Crippen molar-refractivity contribution in [1.82, 2.24) is 15.1 Å². The number of nitrogens with one attached hydrogen (secondary N) is 1. The molecule has 0 spiro atoms. The van der Waals surface area contributed by atoms with Crippen molar-refractivity contribution in [1.29, 1.82) is 0 Å². The molecule has 0 saturated heterocycles. The molecule has 3 nitrogen and oxygen atoms in total. The first-order chi connectivity index (χ1) is 8.70. The topological polar surface area (TPSA) is 29.9 Å². The van der Waals surface area contributed by atoms with Gasteiger partial charge in [0.05, 0.1) is 6.20 Å². The van der Waals surface area contributed by atoms with Crippen molar-refractivity contribution in [2.45, 2.75) is 71.5 Å². The molecule has 0 amide bonds. The molecule has 18 heavy (non-hydrogen) atoms. The zero-order chi connectivity index (χ0) is 13.0. The lowest BCUT2D eigenvalue weighted by atomic mass is 9.84. The number of aromatic nitrogens is 2. The summed E-state index contributed by atoms with van der Waals surface area (Å²) >= 11 is 0. The van der Waals surface area contributed by atoms with Crippen molar-refractivity contribution in [3.63, 3.8) is 0 Å².